The predicted octanol–water partition coefficient (Wildman–Crippen LogP) is 4.09. The minimum atomic E-state index is -0.463. The summed E-state index contributed by atoms with van der Waals surface area (Å²) >= 11 is 0. The number of aryl methyl sites for hydroxylation is 2. The van der Waals surface area contributed by atoms with Gasteiger partial charge in [0.2, 0.25) is 0 Å². The second-order valence-electron chi connectivity index (χ2n) is 7.77. The maximum atomic E-state index is 12.0. The van der Waals surface area contributed by atoms with Gasteiger partial charge in [0, 0.05) is 18.7 Å². The van der Waals surface area contributed by atoms with Gasteiger partial charge in [0.25, 0.3) is 0 Å². The standard InChI is InChI=1S/C24H30N2O2/c1-19(26-28-23(27)24(18-25)15-16-24)17-22-13-11-21(12-14-22)10-6-5-9-20-7-3-2-4-8-20/h2-4,7-8,11-14,26H,1,5-6,9-10,15-18,25H2. The first-order valence-corrected chi connectivity index (χ1v) is 10.1. The van der Waals surface area contributed by atoms with E-state index in [1.165, 1.54) is 24.0 Å². The van der Waals surface area contributed by atoms with Crippen molar-refractivity contribution in [2.75, 3.05) is 6.54 Å². The smallest absolute Gasteiger partial charge is 0.339 e. The Morgan fingerprint density at radius 2 is 1.54 bits per heavy atom. The second-order valence-corrected chi connectivity index (χ2v) is 7.77. The third-order valence-electron chi connectivity index (χ3n) is 5.43. The second kappa shape index (κ2) is 9.56. The fourth-order valence-electron chi connectivity index (χ4n) is 3.28. The topological polar surface area (TPSA) is 64.3 Å². The fourth-order valence-corrected chi connectivity index (χ4v) is 3.28. The van der Waals surface area contributed by atoms with E-state index >= 15 is 0 Å². The summed E-state index contributed by atoms with van der Waals surface area (Å²) in [4.78, 5) is 17.1. The number of nitrogens with one attached hydrogen (secondary N) is 1. The molecule has 0 unspecified atom stereocenters. The average Bonchev–Trinajstić information content (AvgIpc) is 3.53. The molecule has 0 bridgehead atoms. The summed E-state index contributed by atoms with van der Waals surface area (Å²) in [6, 6.07) is 19.2. The highest BCUT2D eigenvalue weighted by Gasteiger charge is 2.50. The van der Waals surface area contributed by atoms with E-state index in [-0.39, 0.29) is 5.97 Å². The lowest BCUT2D eigenvalue weighted by Gasteiger charge is -2.14. The summed E-state index contributed by atoms with van der Waals surface area (Å²) in [6.45, 7) is 4.28. The zero-order chi connectivity index (χ0) is 19.8. The molecule has 0 atom stereocenters. The van der Waals surface area contributed by atoms with Gasteiger partial charge >= 0.3 is 5.97 Å². The van der Waals surface area contributed by atoms with Gasteiger partial charge in [-0.15, -0.1) is 0 Å². The Bertz CT molecular complexity index is 780. The van der Waals surface area contributed by atoms with Gasteiger partial charge in [-0.1, -0.05) is 61.2 Å². The number of benzene rings is 2. The number of carbonyl (C=O) groups excluding carboxylic acids is 1. The number of hydrogen-bond acceptors (Lipinski definition) is 4. The molecular formula is C24H30N2O2. The largest absolute Gasteiger partial charge is 0.343 e. The molecule has 1 aliphatic carbocycles. The minimum absolute atomic E-state index is 0.276. The quantitative estimate of drug-likeness (QED) is 0.456. The maximum absolute atomic E-state index is 12.0. The first-order chi connectivity index (χ1) is 13.6. The number of nitrogens with two attached hydrogens (primary N) is 1. The van der Waals surface area contributed by atoms with Crippen LogP contribution in [0.1, 0.15) is 42.4 Å². The molecular weight excluding hydrogens is 348 g/mol. The normalized spacial score (nSPS) is 14.3. The van der Waals surface area contributed by atoms with Crippen LogP contribution in [0.25, 0.3) is 0 Å². The van der Waals surface area contributed by atoms with Gasteiger partial charge in [-0.2, -0.15) is 0 Å². The molecule has 3 rings (SSSR count). The molecule has 0 saturated heterocycles. The van der Waals surface area contributed by atoms with Crippen molar-refractivity contribution in [3.63, 3.8) is 0 Å². The molecule has 1 fully saturated rings. The highest BCUT2D eigenvalue weighted by Crippen LogP contribution is 2.45. The third kappa shape index (κ3) is 5.70. The predicted molar refractivity (Wildman–Crippen MR) is 112 cm³/mol. The number of hydrogen-bond donors (Lipinski definition) is 2. The number of hydroxylamine groups is 1. The van der Waals surface area contributed by atoms with E-state index in [4.69, 9.17) is 10.6 Å². The van der Waals surface area contributed by atoms with E-state index in [0.717, 1.165) is 31.2 Å². The molecule has 0 aliphatic heterocycles. The molecule has 0 spiro atoms. The Labute approximate surface area is 167 Å². The molecule has 4 heteroatoms. The van der Waals surface area contributed by atoms with Crippen LogP contribution in [-0.2, 0) is 28.9 Å². The van der Waals surface area contributed by atoms with Crippen molar-refractivity contribution in [2.24, 2.45) is 11.1 Å². The SMILES string of the molecule is C=C(Cc1ccc(CCCCc2ccccc2)cc1)NOC(=O)C1(CN)CC1. The molecule has 2 aromatic carbocycles. The number of carbonyl (C=O) groups is 1. The van der Waals surface area contributed by atoms with Crippen molar-refractivity contribution in [3.8, 4) is 0 Å². The summed E-state index contributed by atoms with van der Waals surface area (Å²) < 4.78 is 0. The fraction of sp³-hybridized carbons (Fsp3) is 0.375. The van der Waals surface area contributed by atoms with Crippen LogP contribution in [0.5, 0.6) is 0 Å². The van der Waals surface area contributed by atoms with Crippen molar-refractivity contribution < 1.29 is 9.63 Å². The number of rotatable bonds is 11. The highest BCUT2D eigenvalue weighted by molar-refractivity contribution is 5.80. The van der Waals surface area contributed by atoms with E-state index < -0.39 is 5.41 Å². The van der Waals surface area contributed by atoms with Crippen LogP contribution in [0.4, 0.5) is 0 Å². The Morgan fingerprint density at radius 3 is 2.11 bits per heavy atom. The van der Waals surface area contributed by atoms with Crippen molar-refractivity contribution in [1.29, 1.82) is 0 Å². The molecule has 0 radical (unpaired) electrons. The first kappa shape index (κ1) is 20.2. The Kier molecular flexibility index (Phi) is 6.88. The monoisotopic (exact) mass is 378 g/mol. The zero-order valence-corrected chi connectivity index (χ0v) is 16.5. The van der Waals surface area contributed by atoms with Crippen molar-refractivity contribution in [1.82, 2.24) is 5.48 Å². The van der Waals surface area contributed by atoms with Gasteiger partial charge in [0.05, 0.1) is 5.41 Å². The van der Waals surface area contributed by atoms with Crippen LogP contribution in [-0.4, -0.2) is 12.5 Å². The zero-order valence-electron chi connectivity index (χ0n) is 16.5. The van der Waals surface area contributed by atoms with Gasteiger partial charge in [0.15, 0.2) is 0 Å². The molecule has 0 amide bonds. The van der Waals surface area contributed by atoms with Crippen LogP contribution in [0.15, 0.2) is 66.9 Å². The van der Waals surface area contributed by atoms with Gasteiger partial charge in [-0.05, 0) is 55.2 Å². The maximum Gasteiger partial charge on any atom is 0.339 e. The molecule has 148 valence electrons. The van der Waals surface area contributed by atoms with Crippen molar-refractivity contribution in [3.05, 3.63) is 83.6 Å². The van der Waals surface area contributed by atoms with Crippen LogP contribution >= 0.6 is 0 Å². The van der Waals surface area contributed by atoms with E-state index in [1.54, 1.807) is 0 Å². The minimum Gasteiger partial charge on any atom is -0.343 e. The van der Waals surface area contributed by atoms with Crippen LogP contribution in [0.2, 0.25) is 0 Å². The molecule has 28 heavy (non-hydrogen) atoms. The summed E-state index contributed by atoms with van der Waals surface area (Å²) in [7, 11) is 0. The number of allylic oxidation sites excluding steroid dienone is 1. The van der Waals surface area contributed by atoms with Crippen molar-refractivity contribution >= 4 is 5.97 Å². The van der Waals surface area contributed by atoms with Gasteiger partial charge < -0.3 is 10.6 Å². The Balaban J connectivity index is 1.35. The lowest BCUT2D eigenvalue weighted by Crippen LogP contribution is -2.31. The van der Waals surface area contributed by atoms with E-state index in [2.05, 4.69) is 66.7 Å². The van der Waals surface area contributed by atoms with Crippen molar-refractivity contribution in [2.45, 2.75) is 44.9 Å². The lowest BCUT2D eigenvalue weighted by molar-refractivity contribution is -0.155. The van der Waals surface area contributed by atoms with E-state index in [1.807, 2.05) is 0 Å². The number of unbranched alkanes of at least 4 members (excludes halogenated alkanes) is 1. The first-order valence-electron chi connectivity index (χ1n) is 10.1. The Hall–Kier alpha value is -2.59. The summed E-state index contributed by atoms with van der Waals surface area (Å²) in [5, 5.41) is 0. The lowest BCUT2D eigenvalue weighted by atomic mass is 10.0. The van der Waals surface area contributed by atoms with Crippen LogP contribution in [0, 0.1) is 5.41 Å². The van der Waals surface area contributed by atoms with E-state index in [9.17, 15) is 4.79 Å². The summed E-state index contributed by atoms with van der Waals surface area (Å²) in [6.07, 6.45) is 6.84. The van der Waals surface area contributed by atoms with Crippen LogP contribution in [0.3, 0.4) is 0 Å². The Morgan fingerprint density at radius 1 is 0.964 bits per heavy atom. The van der Waals surface area contributed by atoms with Gasteiger partial charge in [0.1, 0.15) is 0 Å². The molecule has 1 aliphatic rings. The van der Waals surface area contributed by atoms with E-state index in [0.29, 0.717) is 18.7 Å². The molecule has 3 N–H and O–H groups in total. The molecule has 2 aromatic rings. The average molecular weight is 379 g/mol. The van der Waals surface area contributed by atoms with Crippen LogP contribution < -0.4 is 11.2 Å². The molecule has 0 aromatic heterocycles. The van der Waals surface area contributed by atoms with Gasteiger partial charge in [-0.25, -0.2) is 10.3 Å². The molecule has 0 heterocycles. The molecule has 4 nitrogen and oxygen atoms in total. The summed E-state index contributed by atoms with van der Waals surface area (Å²) in [5.41, 5.74) is 12.4. The third-order valence-corrected chi connectivity index (χ3v) is 5.43. The highest BCUT2D eigenvalue weighted by atomic mass is 16.7. The molecule has 1 saturated carbocycles. The van der Waals surface area contributed by atoms with Gasteiger partial charge in [-0.3, -0.25) is 0 Å². The summed E-state index contributed by atoms with van der Waals surface area (Å²) in [5.74, 6) is -0.276.